The van der Waals surface area contributed by atoms with Gasteiger partial charge in [-0.3, -0.25) is 14.5 Å². The molecule has 1 saturated heterocycles. The summed E-state index contributed by atoms with van der Waals surface area (Å²) in [4.78, 5) is 36.9. The number of rotatable bonds is 16. The molecule has 2 aliphatic heterocycles. The van der Waals surface area contributed by atoms with Crippen molar-refractivity contribution in [1.29, 1.82) is 0 Å². The molecule has 0 bridgehead atoms. The first-order valence-corrected chi connectivity index (χ1v) is 14.6. The number of unbranched alkanes of at least 4 members (excludes halogenated alkanes) is 2. The quantitative estimate of drug-likeness (QED) is 0.300. The Balaban J connectivity index is 1.58. The average Bonchev–Trinajstić information content (AvgIpc) is 3.70. The maximum absolute atomic E-state index is 13.7. The Morgan fingerprint density at radius 1 is 1.15 bits per heavy atom. The molecule has 11 heteroatoms. The second kappa shape index (κ2) is 14.5. The predicted molar refractivity (Wildman–Crippen MR) is 152 cm³/mol. The fourth-order valence-electron chi connectivity index (χ4n) is 5.92. The van der Waals surface area contributed by atoms with Crippen molar-refractivity contribution in [3.8, 4) is 17.2 Å². The standard InChI is InChI=1S/C30H44N4O7/c1-5-6-13-33(14-8-7-12-32(2)3)27(35)19-34-18-22(21-16-24(38-4)29-25(17-21)40-20-41-29)28(30(36)37)23(34)9-10-26-31-11-15-39-26/h11,15-17,22-23,28H,5-10,12-14,18-20H2,1-4H3,(H,36,37)/t22-,23+,28?/m1/s1. The van der Waals surface area contributed by atoms with Gasteiger partial charge in [-0.15, -0.1) is 0 Å². The topological polar surface area (TPSA) is 118 Å². The molecule has 226 valence electrons. The molecule has 3 heterocycles. The van der Waals surface area contributed by atoms with Crippen LogP contribution in [0.2, 0.25) is 0 Å². The third-order valence-corrected chi connectivity index (χ3v) is 8.04. The fraction of sp³-hybridized carbons (Fsp3) is 0.633. The number of ether oxygens (including phenoxy) is 3. The Hall–Kier alpha value is -3.31. The molecule has 11 nitrogen and oxygen atoms in total. The van der Waals surface area contributed by atoms with Crippen LogP contribution in [0.5, 0.6) is 17.2 Å². The van der Waals surface area contributed by atoms with Gasteiger partial charge in [0.25, 0.3) is 0 Å². The van der Waals surface area contributed by atoms with E-state index in [4.69, 9.17) is 18.6 Å². The number of methoxy groups -OCH3 is 1. The number of hydrogen-bond donors (Lipinski definition) is 1. The van der Waals surface area contributed by atoms with Crippen LogP contribution < -0.4 is 14.2 Å². The van der Waals surface area contributed by atoms with Crippen LogP contribution in [0.3, 0.4) is 0 Å². The van der Waals surface area contributed by atoms with Crippen LogP contribution >= 0.6 is 0 Å². The SMILES string of the molecule is CCCCN(CCCCN(C)C)C(=O)CN1C[C@H](c2cc(OC)c3c(c2)OCO3)C(C(=O)O)[C@@H]1CCc1ncco1. The van der Waals surface area contributed by atoms with Gasteiger partial charge in [-0.25, -0.2) is 4.98 Å². The summed E-state index contributed by atoms with van der Waals surface area (Å²) in [5, 5.41) is 10.5. The third kappa shape index (κ3) is 7.71. The van der Waals surface area contributed by atoms with Gasteiger partial charge in [-0.1, -0.05) is 13.3 Å². The first-order valence-electron chi connectivity index (χ1n) is 14.6. The highest BCUT2D eigenvalue weighted by Crippen LogP contribution is 2.47. The fourth-order valence-corrected chi connectivity index (χ4v) is 5.92. The summed E-state index contributed by atoms with van der Waals surface area (Å²) in [7, 11) is 5.66. The summed E-state index contributed by atoms with van der Waals surface area (Å²) in [5.74, 6) is 0.150. The number of aliphatic carboxylic acids is 1. The summed E-state index contributed by atoms with van der Waals surface area (Å²) in [6, 6.07) is 3.30. The zero-order valence-electron chi connectivity index (χ0n) is 24.7. The number of aromatic nitrogens is 1. The minimum absolute atomic E-state index is 0.0393. The van der Waals surface area contributed by atoms with Gasteiger partial charge >= 0.3 is 5.97 Å². The molecule has 1 unspecified atom stereocenters. The van der Waals surface area contributed by atoms with E-state index < -0.39 is 11.9 Å². The van der Waals surface area contributed by atoms with Crippen LogP contribution in [0, 0.1) is 5.92 Å². The molecule has 1 aromatic heterocycles. The highest BCUT2D eigenvalue weighted by Gasteiger charge is 2.47. The summed E-state index contributed by atoms with van der Waals surface area (Å²) >= 11 is 0. The zero-order chi connectivity index (χ0) is 29.4. The van der Waals surface area contributed by atoms with E-state index in [2.05, 4.69) is 30.9 Å². The Kier molecular flexibility index (Phi) is 10.9. The number of aryl methyl sites for hydroxylation is 1. The van der Waals surface area contributed by atoms with E-state index in [0.717, 1.165) is 37.8 Å². The lowest BCUT2D eigenvalue weighted by molar-refractivity contribution is -0.143. The number of benzene rings is 1. The second-order valence-corrected chi connectivity index (χ2v) is 11.1. The van der Waals surface area contributed by atoms with E-state index in [0.29, 0.717) is 55.6 Å². The number of carbonyl (C=O) groups excluding carboxylic acids is 1. The van der Waals surface area contributed by atoms with E-state index in [1.54, 1.807) is 13.3 Å². The van der Waals surface area contributed by atoms with Crippen LogP contribution in [0.15, 0.2) is 29.0 Å². The van der Waals surface area contributed by atoms with Crippen molar-refractivity contribution in [2.24, 2.45) is 5.92 Å². The van der Waals surface area contributed by atoms with E-state index in [-0.39, 0.29) is 31.2 Å². The lowest BCUT2D eigenvalue weighted by Crippen LogP contribution is -2.45. The zero-order valence-corrected chi connectivity index (χ0v) is 24.7. The Morgan fingerprint density at radius 3 is 2.61 bits per heavy atom. The number of amides is 1. The van der Waals surface area contributed by atoms with Crippen LogP contribution in [0.25, 0.3) is 0 Å². The molecule has 1 fully saturated rings. The summed E-state index contributed by atoms with van der Waals surface area (Å²) < 4.78 is 22.2. The number of hydrogen-bond acceptors (Lipinski definition) is 9. The Bertz CT molecular complexity index is 1140. The number of carboxylic acid groups (broad SMARTS) is 1. The minimum atomic E-state index is -0.898. The molecular formula is C30H44N4O7. The van der Waals surface area contributed by atoms with Crippen molar-refractivity contribution in [3.63, 3.8) is 0 Å². The van der Waals surface area contributed by atoms with E-state index in [1.807, 2.05) is 21.9 Å². The lowest BCUT2D eigenvalue weighted by Gasteiger charge is -2.29. The first-order chi connectivity index (χ1) is 19.8. The minimum Gasteiger partial charge on any atom is -0.493 e. The molecule has 1 amide bonds. The van der Waals surface area contributed by atoms with Crippen LogP contribution in [-0.4, -0.2) is 103 Å². The van der Waals surface area contributed by atoms with Gasteiger partial charge in [-0.05, 0) is 64.0 Å². The highest BCUT2D eigenvalue weighted by molar-refractivity contribution is 5.79. The van der Waals surface area contributed by atoms with Crippen molar-refractivity contribution >= 4 is 11.9 Å². The van der Waals surface area contributed by atoms with Crippen molar-refractivity contribution in [3.05, 3.63) is 36.0 Å². The monoisotopic (exact) mass is 572 g/mol. The second-order valence-electron chi connectivity index (χ2n) is 11.1. The smallest absolute Gasteiger partial charge is 0.308 e. The highest BCUT2D eigenvalue weighted by atomic mass is 16.7. The lowest BCUT2D eigenvalue weighted by atomic mass is 9.83. The number of nitrogens with zero attached hydrogens (tertiary/aromatic N) is 4. The summed E-state index contributed by atoms with van der Waals surface area (Å²) in [6.07, 6.45) is 7.96. The van der Waals surface area contributed by atoms with Crippen molar-refractivity contribution < 1.29 is 33.3 Å². The average molecular weight is 573 g/mol. The van der Waals surface area contributed by atoms with Gasteiger partial charge in [-0.2, -0.15) is 0 Å². The number of carbonyl (C=O) groups is 2. The third-order valence-electron chi connectivity index (χ3n) is 8.04. The van der Waals surface area contributed by atoms with Gasteiger partial charge in [0, 0.05) is 38.0 Å². The normalized spacial score (nSPS) is 20.1. The molecule has 4 rings (SSSR count). The van der Waals surface area contributed by atoms with Crippen LogP contribution in [0.4, 0.5) is 0 Å². The first kappa shape index (κ1) is 30.6. The number of carboxylic acids is 1. The summed E-state index contributed by atoms with van der Waals surface area (Å²) in [6.45, 7) is 5.18. The van der Waals surface area contributed by atoms with Gasteiger partial charge in [0.05, 0.1) is 25.8 Å². The summed E-state index contributed by atoms with van der Waals surface area (Å²) in [5.41, 5.74) is 0.793. The molecule has 1 N–H and O–H groups in total. The molecule has 0 spiro atoms. The molecule has 1 aromatic carbocycles. The maximum atomic E-state index is 13.7. The number of likely N-dealkylation sites (tertiary alicyclic amines) is 1. The largest absolute Gasteiger partial charge is 0.493 e. The molecule has 2 aromatic rings. The van der Waals surface area contributed by atoms with Gasteiger partial charge in [0.1, 0.15) is 6.26 Å². The Labute approximate surface area is 242 Å². The van der Waals surface area contributed by atoms with Crippen molar-refractivity contribution in [2.45, 2.75) is 57.4 Å². The van der Waals surface area contributed by atoms with Gasteiger partial charge in [0.2, 0.25) is 18.4 Å². The van der Waals surface area contributed by atoms with E-state index in [1.165, 1.54) is 6.26 Å². The molecule has 0 saturated carbocycles. The van der Waals surface area contributed by atoms with Gasteiger partial charge < -0.3 is 33.5 Å². The van der Waals surface area contributed by atoms with Crippen LogP contribution in [0.1, 0.15) is 56.4 Å². The van der Waals surface area contributed by atoms with Gasteiger partial charge in [0.15, 0.2) is 17.4 Å². The molecular weight excluding hydrogens is 528 g/mol. The number of fused-ring (bicyclic) bond motifs is 1. The van der Waals surface area contributed by atoms with E-state index >= 15 is 0 Å². The molecule has 0 aliphatic carbocycles. The number of oxazole rings is 1. The maximum Gasteiger partial charge on any atom is 0.308 e. The molecule has 2 aliphatic rings. The van der Waals surface area contributed by atoms with Crippen molar-refractivity contribution in [1.82, 2.24) is 19.7 Å². The van der Waals surface area contributed by atoms with Crippen LogP contribution in [-0.2, 0) is 16.0 Å². The van der Waals surface area contributed by atoms with Crippen molar-refractivity contribution in [2.75, 3.05) is 60.7 Å². The molecule has 41 heavy (non-hydrogen) atoms. The molecule has 0 radical (unpaired) electrons. The van der Waals surface area contributed by atoms with E-state index in [9.17, 15) is 14.7 Å². The predicted octanol–water partition coefficient (Wildman–Crippen LogP) is 3.48. The Morgan fingerprint density at radius 2 is 1.93 bits per heavy atom. The molecule has 3 atom stereocenters.